The number of imidazole rings is 1. The molecule has 8 heteroatoms. The average molecular weight is 344 g/mol. The molecule has 8 nitrogen and oxygen atoms in total. The monoisotopic (exact) mass is 344 g/mol. The van der Waals surface area contributed by atoms with Crippen LogP contribution in [0.3, 0.4) is 0 Å². The Kier molecular flexibility index (Phi) is 5.60. The molecule has 0 aromatic carbocycles. The molecule has 2 aromatic heterocycles. The summed E-state index contributed by atoms with van der Waals surface area (Å²) in [7, 11) is 0. The molecule has 0 spiro atoms. The molecule has 0 saturated carbocycles. The summed E-state index contributed by atoms with van der Waals surface area (Å²) in [6.07, 6.45) is 5.57. The maximum atomic E-state index is 11.8. The van der Waals surface area contributed by atoms with Gasteiger partial charge >= 0.3 is 0 Å². The van der Waals surface area contributed by atoms with Gasteiger partial charge in [0.2, 0.25) is 0 Å². The van der Waals surface area contributed by atoms with Crippen LogP contribution in [0, 0.1) is 0 Å². The number of nitrogens with zero attached hydrogens (tertiary/aromatic N) is 4. The molecule has 0 bridgehead atoms. The second-order valence-corrected chi connectivity index (χ2v) is 5.92. The molecule has 2 atom stereocenters. The molecule has 3 rings (SSSR count). The van der Waals surface area contributed by atoms with E-state index in [1.807, 2.05) is 13.1 Å². The van der Waals surface area contributed by atoms with Gasteiger partial charge in [0.05, 0.1) is 6.04 Å². The lowest BCUT2D eigenvalue weighted by Gasteiger charge is -2.32. The van der Waals surface area contributed by atoms with Gasteiger partial charge in [0.15, 0.2) is 5.69 Å². The molecule has 1 fully saturated rings. The van der Waals surface area contributed by atoms with E-state index in [4.69, 9.17) is 4.74 Å². The van der Waals surface area contributed by atoms with Crippen LogP contribution in [0.4, 0.5) is 5.82 Å². The minimum absolute atomic E-state index is 0.0612. The predicted octanol–water partition coefficient (Wildman–Crippen LogP) is 1.77. The third-order valence-electron chi connectivity index (χ3n) is 4.23. The largest absolute Gasteiger partial charge is 0.368 e. The number of ether oxygens (including phenoxy) is 1. The Balaban J connectivity index is 1.72. The van der Waals surface area contributed by atoms with Crippen molar-refractivity contribution in [1.82, 2.24) is 25.1 Å². The van der Waals surface area contributed by atoms with Crippen molar-refractivity contribution >= 4 is 11.7 Å². The Labute approximate surface area is 147 Å². The number of hydrogen-bond acceptors (Lipinski definition) is 6. The average Bonchev–Trinajstić information content (AvgIpc) is 3.11. The smallest absolute Gasteiger partial charge is 0.271 e. The fourth-order valence-corrected chi connectivity index (χ4v) is 3.00. The summed E-state index contributed by atoms with van der Waals surface area (Å²) in [5, 5.41) is 14.2. The van der Waals surface area contributed by atoms with E-state index in [1.54, 1.807) is 18.3 Å². The molecule has 0 radical (unpaired) electrons. The number of amides is 1. The quantitative estimate of drug-likeness (QED) is 0.829. The SMILES string of the molecule is CCNC(=O)c1ccc(N[C@H]2CCCO[C@@H]2c2nccn2CC)nn1. The summed E-state index contributed by atoms with van der Waals surface area (Å²) in [5.41, 5.74) is 0.311. The highest BCUT2D eigenvalue weighted by molar-refractivity contribution is 5.92. The summed E-state index contributed by atoms with van der Waals surface area (Å²) in [4.78, 5) is 16.2. The molecular weight excluding hydrogens is 320 g/mol. The molecule has 1 amide bonds. The molecule has 1 aliphatic heterocycles. The van der Waals surface area contributed by atoms with Crippen LogP contribution in [0.5, 0.6) is 0 Å². The van der Waals surface area contributed by atoms with Crippen LogP contribution in [0.2, 0.25) is 0 Å². The van der Waals surface area contributed by atoms with Crippen LogP contribution in [-0.4, -0.2) is 44.8 Å². The van der Waals surface area contributed by atoms with Crippen molar-refractivity contribution in [2.75, 3.05) is 18.5 Å². The number of aromatic nitrogens is 4. The highest BCUT2D eigenvalue weighted by Gasteiger charge is 2.31. The normalized spacial score (nSPS) is 20.2. The number of carbonyl (C=O) groups excluding carboxylic acids is 1. The Hall–Kier alpha value is -2.48. The Morgan fingerprint density at radius 3 is 2.96 bits per heavy atom. The number of anilines is 1. The lowest BCUT2D eigenvalue weighted by molar-refractivity contribution is -0.00180. The van der Waals surface area contributed by atoms with E-state index in [1.165, 1.54) is 0 Å². The summed E-state index contributed by atoms with van der Waals surface area (Å²) in [5.74, 6) is 1.33. The third kappa shape index (κ3) is 3.96. The van der Waals surface area contributed by atoms with Gasteiger partial charge in [-0.15, -0.1) is 10.2 Å². The standard InChI is InChI=1S/C17H24N6O2/c1-3-18-17(24)13-7-8-14(22-21-13)20-12-6-5-11-25-15(12)16-19-9-10-23(16)4-2/h7-10,12,15H,3-6,11H2,1-2H3,(H,18,24)(H,20,22)/t12-,15-/m0/s1. The Bertz CT molecular complexity index is 699. The molecule has 1 aliphatic rings. The van der Waals surface area contributed by atoms with E-state index in [-0.39, 0.29) is 18.1 Å². The number of hydrogen-bond donors (Lipinski definition) is 2. The van der Waals surface area contributed by atoms with Crippen molar-refractivity contribution in [3.63, 3.8) is 0 Å². The summed E-state index contributed by atoms with van der Waals surface area (Å²) in [6.45, 7) is 6.09. The van der Waals surface area contributed by atoms with Crippen molar-refractivity contribution in [2.24, 2.45) is 0 Å². The van der Waals surface area contributed by atoms with E-state index in [2.05, 4.69) is 37.3 Å². The van der Waals surface area contributed by atoms with Crippen molar-refractivity contribution in [3.05, 3.63) is 36.0 Å². The van der Waals surface area contributed by atoms with Gasteiger partial charge in [-0.05, 0) is 38.8 Å². The van der Waals surface area contributed by atoms with E-state index >= 15 is 0 Å². The zero-order chi connectivity index (χ0) is 17.6. The lowest BCUT2D eigenvalue weighted by atomic mass is 10.0. The van der Waals surface area contributed by atoms with Crippen LogP contribution >= 0.6 is 0 Å². The van der Waals surface area contributed by atoms with Gasteiger partial charge in [-0.25, -0.2) is 4.98 Å². The highest BCUT2D eigenvalue weighted by Crippen LogP contribution is 2.29. The second kappa shape index (κ2) is 8.06. The minimum atomic E-state index is -0.217. The van der Waals surface area contributed by atoms with Crippen molar-refractivity contribution < 1.29 is 9.53 Å². The first kappa shape index (κ1) is 17.3. The Morgan fingerprint density at radius 1 is 1.36 bits per heavy atom. The van der Waals surface area contributed by atoms with Gasteiger partial charge in [0, 0.05) is 32.1 Å². The number of aryl methyl sites for hydroxylation is 1. The minimum Gasteiger partial charge on any atom is -0.368 e. The molecule has 2 aromatic rings. The molecule has 2 N–H and O–H groups in total. The maximum absolute atomic E-state index is 11.8. The first-order valence-electron chi connectivity index (χ1n) is 8.74. The Morgan fingerprint density at radius 2 is 2.24 bits per heavy atom. The van der Waals surface area contributed by atoms with Gasteiger partial charge in [0.25, 0.3) is 5.91 Å². The first-order chi connectivity index (χ1) is 12.2. The van der Waals surface area contributed by atoms with Crippen LogP contribution in [-0.2, 0) is 11.3 Å². The summed E-state index contributed by atoms with van der Waals surface area (Å²) < 4.78 is 8.08. The number of nitrogens with one attached hydrogen (secondary N) is 2. The van der Waals surface area contributed by atoms with Gasteiger partial charge < -0.3 is 19.9 Å². The molecular formula is C17H24N6O2. The predicted molar refractivity (Wildman–Crippen MR) is 93.3 cm³/mol. The molecule has 134 valence electrons. The third-order valence-corrected chi connectivity index (χ3v) is 4.23. The summed E-state index contributed by atoms with van der Waals surface area (Å²) in [6, 6.07) is 3.51. The van der Waals surface area contributed by atoms with Crippen LogP contribution < -0.4 is 10.6 Å². The topological polar surface area (TPSA) is 94.0 Å². The molecule has 0 unspecified atom stereocenters. The molecule has 0 aliphatic carbocycles. The highest BCUT2D eigenvalue weighted by atomic mass is 16.5. The molecule has 1 saturated heterocycles. The van der Waals surface area contributed by atoms with E-state index in [0.717, 1.165) is 31.8 Å². The van der Waals surface area contributed by atoms with Crippen LogP contribution in [0.1, 0.15) is 49.1 Å². The van der Waals surface area contributed by atoms with Gasteiger partial charge in [-0.1, -0.05) is 0 Å². The summed E-state index contributed by atoms with van der Waals surface area (Å²) >= 11 is 0. The fourth-order valence-electron chi connectivity index (χ4n) is 3.00. The van der Waals surface area contributed by atoms with Gasteiger partial charge in [0.1, 0.15) is 17.7 Å². The lowest BCUT2D eigenvalue weighted by Crippen LogP contribution is -2.35. The van der Waals surface area contributed by atoms with Crippen molar-refractivity contribution in [2.45, 2.75) is 45.4 Å². The van der Waals surface area contributed by atoms with E-state index in [9.17, 15) is 4.79 Å². The van der Waals surface area contributed by atoms with Gasteiger partial charge in [-0.2, -0.15) is 0 Å². The van der Waals surface area contributed by atoms with Crippen molar-refractivity contribution in [1.29, 1.82) is 0 Å². The van der Waals surface area contributed by atoms with Crippen LogP contribution in [0.15, 0.2) is 24.5 Å². The second-order valence-electron chi connectivity index (χ2n) is 5.92. The van der Waals surface area contributed by atoms with E-state index < -0.39 is 0 Å². The molecule has 3 heterocycles. The van der Waals surface area contributed by atoms with Crippen molar-refractivity contribution in [3.8, 4) is 0 Å². The molecule has 25 heavy (non-hydrogen) atoms. The van der Waals surface area contributed by atoms with Gasteiger partial charge in [-0.3, -0.25) is 4.79 Å². The zero-order valence-corrected chi connectivity index (χ0v) is 14.6. The zero-order valence-electron chi connectivity index (χ0n) is 14.6. The fraction of sp³-hybridized carbons (Fsp3) is 0.529. The first-order valence-corrected chi connectivity index (χ1v) is 8.74. The van der Waals surface area contributed by atoms with Crippen LogP contribution in [0.25, 0.3) is 0 Å². The number of rotatable bonds is 6. The number of carbonyl (C=O) groups is 1. The maximum Gasteiger partial charge on any atom is 0.271 e. The van der Waals surface area contributed by atoms with E-state index in [0.29, 0.717) is 18.1 Å².